The molecule has 20 heavy (non-hydrogen) atoms. The Morgan fingerprint density at radius 3 is 2.55 bits per heavy atom. The van der Waals surface area contributed by atoms with E-state index in [9.17, 15) is 0 Å². The number of rotatable bonds is 6. The van der Waals surface area contributed by atoms with Crippen molar-refractivity contribution in [1.29, 1.82) is 0 Å². The van der Waals surface area contributed by atoms with E-state index in [4.69, 9.17) is 11.6 Å². The highest BCUT2D eigenvalue weighted by Gasteiger charge is 2.10. The number of hydrogen-bond donors (Lipinski definition) is 1. The fourth-order valence-corrected chi connectivity index (χ4v) is 3.00. The molecule has 0 fully saturated rings. The normalized spacial score (nSPS) is 12.3. The lowest BCUT2D eigenvalue weighted by Crippen LogP contribution is -2.21. The van der Waals surface area contributed by atoms with Crippen molar-refractivity contribution < 1.29 is 0 Å². The summed E-state index contributed by atoms with van der Waals surface area (Å²) >= 11 is 9.70. The lowest BCUT2D eigenvalue weighted by atomic mass is 10.0. The third-order valence-corrected chi connectivity index (χ3v) is 4.18. The molecule has 0 radical (unpaired) electrons. The van der Waals surface area contributed by atoms with Crippen LogP contribution in [0.1, 0.15) is 36.9 Å². The first-order valence-corrected chi connectivity index (χ1v) is 8.10. The molecule has 0 saturated carbocycles. The van der Waals surface area contributed by atoms with Crippen LogP contribution in [0.3, 0.4) is 0 Å². The number of halogens is 2. The van der Waals surface area contributed by atoms with Gasteiger partial charge in [-0.05, 0) is 29.7 Å². The molecule has 2 aromatic carbocycles. The van der Waals surface area contributed by atoms with Crippen molar-refractivity contribution in [3.05, 3.63) is 69.2 Å². The van der Waals surface area contributed by atoms with Gasteiger partial charge in [0, 0.05) is 22.1 Å². The summed E-state index contributed by atoms with van der Waals surface area (Å²) in [5.41, 5.74) is 2.47. The highest BCUT2D eigenvalue weighted by atomic mass is 79.9. The van der Waals surface area contributed by atoms with Gasteiger partial charge in [0.2, 0.25) is 0 Å². The molecule has 3 heteroatoms. The molecule has 0 spiro atoms. The highest BCUT2D eigenvalue weighted by Crippen LogP contribution is 2.23. The maximum atomic E-state index is 6.27. The molecular formula is C17H19BrClN. The van der Waals surface area contributed by atoms with E-state index in [1.807, 2.05) is 12.1 Å². The molecule has 106 valence electrons. The Balaban J connectivity index is 2.06. The molecule has 0 aliphatic rings. The molecule has 0 saturated heterocycles. The van der Waals surface area contributed by atoms with Gasteiger partial charge in [0.05, 0.1) is 0 Å². The van der Waals surface area contributed by atoms with Gasteiger partial charge in [-0.3, -0.25) is 0 Å². The molecule has 1 unspecified atom stereocenters. The second kappa shape index (κ2) is 7.82. The smallest absolute Gasteiger partial charge is 0.0462 e. The molecule has 1 N–H and O–H groups in total. The van der Waals surface area contributed by atoms with E-state index in [1.54, 1.807) is 0 Å². The van der Waals surface area contributed by atoms with E-state index in [2.05, 4.69) is 64.6 Å². The number of benzene rings is 2. The van der Waals surface area contributed by atoms with Crippen molar-refractivity contribution in [3.63, 3.8) is 0 Å². The van der Waals surface area contributed by atoms with Gasteiger partial charge in [-0.1, -0.05) is 77.3 Å². The third kappa shape index (κ3) is 4.34. The van der Waals surface area contributed by atoms with E-state index in [-0.39, 0.29) is 0 Å². The van der Waals surface area contributed by atoms with Crippen LogP contribution >= 0.6 is 27.5 Å². The SMILES string of the molecule is CCCC(NCc1ccc(Br)cc1Cl)c1ccccc1. The molecule has 0 amide bonds. The Morgan fingerprint density at radius 1 is 1.15 bits per heavy atom. The minimum absolute atomic E-state index is 0.376. The third-order valence-electron chi connectivity index (χ3n) is 3.33. The summed E-state index contributed by atoms with van der Waals surface area (Å²) in [5, 5.41) is 4.41. The molecule has 0 aliphatic heterocycles. The summed E-state index contributed by atoms with van der Waals surface area (Å²) in [4.78, 5) is 0. The molecule has 0 heterocycles. The predicted molar refractivity (Wildman–Crippen MR) is 90.1 cm³/mol. The maximum absolute atomic E-state index is 6.27. The number of nitrogens with one attached hydrogen (secondary N) is 1. The van der Waals surface area contributed by atoms with Gasteiger partial charge < -0.3 is 5.32 Å². The van der Waals surface area contributed by atoms with Gasteiger partial charge >= 0.3 is 0 Å². The molecule has 0 aromatic heterocycles. The second-order valence-electron chi connectivity index (χ2n) is 4.87. The van der Waals surface area contributed by atoms with Crippen molar-refractivity contribution >= 4 is 27.5 Å². The maximum Gasteiger partial charge on any atom is 0.0462 e. The Bertz CT molecular complexity index is 542. The molecule has 0 bridgehead atoms. The van der Waals surface area contributed by atoms with Crippen molar-refractivity contribution in [2.75, 3.05) is 0 Å². The first-order chi connectivity index (χ1) is 9.70. The molecule has 0 aliphatic carbocycles. The van der Waals surface area contributed by atoms with Gasteiger partial charge in [0.1, 0.15) is 0 Å². The predicted octanol–water partition coefficient (Wildman–Crippen LogP) is 5.73. The van der Waals surface area contributed by atoms with Gasteiger partial charge in [-0.15, -0.1) is 0 Å². The Labute approximate surface area is 134 Å². The van der Waals surface area contributed by atoms with Crippen LogP contribution in [0.2, 0.25) is 5.02 Å². The summed E-state index contributed by atoms with van der Waals surface area (Å²) in [6.45, 7) is 3.00. The van der Waals surface area contributed by atoms with Crippen LogP contribution in [0.4, 0.5) is 0 Å². The first kappa shape index (κ1) is 15.6. The minimum Gasteiger partial charge on any atom is -0.306 e. The van der Waals surface area contributed by atoms with E-state index < -0.39 is 0 Å². The van der Waals surface area contributed by atoms with Gasteiger partial charge in [-0.2, -0.15) is 0 Å². The lowest BCUT2D eigenvalue weighted by molar-refractivity contribution is 0.493. The zero-order valence-corrected chi connectivity index (χ0v) is 13.9. The number of hydrogen-bond acceptors (Lipinski definition) is 1. The van der Waals surface area contributed by atoms with Crippen LogP contribution < -0.4 is 5.32 Å². The first-order valence-electron chi connectivity index (χ1n) is 6.93. The van der Waals surface area contributed by atoms with Crippen molar-refractivity contribution in [2.45, 2.75) is 32.4 Å². The summed E-state index contributed by atoms with van der Waals surface area (Å²) in [5.74, 6) is 0. The fourth-order valence-electron chi connectivity index (χ4n) is 2.26. The van der Waals surface area contributed by atoms with Gasteiger partial charge in [0.25, 0.3) is 0 Å². The fraction of sp³-hybridized carbons (Fsp3) is 0.294. The molecule has 2 rings (SSSR count). The standard InChI is InChI=1S/C17H19BrClN/c1-2-6-17(13-7-4-3-5-8-13)20-12-14-9-10-15(18)11-16(14)19/h3-5,7-11,17,20H,2,6,12H2,1H3. The average Bonchev–Trinajstić information content (AvgIpc) is 2.46. The summed E-state index contributed by atoms with van der Waals surface area (Å²) < 4.78 is 1.01. The largest absolute Gasteiger partial charge is 0.306 e. The van der Waals surface area contributed by atoms with Crippen molar-refractivity contribution in [1.82, 2.24) is 5.32 Å². The zero-order valence-electron chi connectivity index (χ0n) is 11.6. The highest BCUT2D eigenvalue weighted by molar-refractivity contribution is 9.10. The van der Waals surface area contributed by atoms with Gasteiger partial charge in [-0.25, -0.2) is 0 Å². The molecular weight excluding hydrogens is 334 g/mol. The monoisotopic (exact) mass is 351 g/mol. The molecule has 1 atom stereocenters. The van der Waals surface area contributed by atoms with Crippen LogP contribution in [0.15, 0.2) is 53.0 Å². The molecule has 2 aromatic rings. The second-order valence-corrected chi connectivity index (χ2v) is 6.19. The van der Waals surface area contributed by atoms with Crippen molar-refractivity contribution in [2.24, 2.45) is 0 Å². The van der Waals surface area contributed by atoms with E-state index >= 15 is 0 Å². The van der Waals surface area contributed by atoms with Crippen molar-refractivity contribution in [3.8, 4) is 0 Å². The minimum atomic E-state index is 0.376. The van der Waals surface area contributed by atoms with E-state index in [0.717, 1.165) is 34.4 Å². The van der Waals surface area contributed by atoms with Gasteiger partial charge in [0.15, 0.2) is 0 Å². The Hall–Kier alpha value is -0.830. The zero-order chi connectivity index (χ0) is 14.4. The summed E-state index contributed by atoms with van der Waals surface area (Å²) in [7, 11) is 0. The van der Waals surface area contributed by atoms with E-state index in [0.29, 0.717) is 6.04 Å². The van der Waals surface area contributed by atoms with Crippen LogP contribution in [-0.4, -0.2) is 0 Å². The lowest BCUT2D eigenvalue weighted by Gasteiger charge is -2.19. The van der Waals surface area contributed by atoms with Crippen LogP contribution in [0, 0.1) is 0 Å². The quantitative estimate of drug-likeness (QED) is 0.699. The Kier molecular flexibility index (Phi) is 6.08. The Morgan fingerprint density at radius 2 is 1.90 bits per heavy atom. The van der Waals surface area contributed by atoms with Crippen LogP contribution in [0.25, 0.3) is 0 Å². The van der Waals surface area contributed by atoms with E-state index in [1.165, 1.54) is 5.56 Å². The van der Waals surface area contributed by atoms with Crippen LogP contribution in [0.5, 0.6) is 0 Å². The molecule has 1 nitrogen and oxygen atoms in total. The summed E-state index contributed by atoms with van der Waals surface area (Å²) in [6, 6.07) is 17.0. The average molecular weight is 353 g/mol. The summed E-state index contributed by atoms with van der Waals surface area (Å²) in [6.07, 6.45) is 2.28. The topological polar surface area (TPSA) is 12.0 Å². The van der Waals surface area contributed by atoms with Crippen LogP contribution in [-0.2, 0) is 6.54 Å².